The summed E-state index contributed by atoms with van der Waals surface area (Å²) in [5.74, 6) is -0.794. The Hall–Kier alpha value is -1.78. The number of aromatic amines is 1. The van der Waals surface area contributed by atoms with E-state index >= 15 is 0 Å². The van der Waals surface area contributed by atoms with E-state index in [1.54, 1.807) is 25.3 Å². The van der Waals surface area contributed by atoms with E-state index in [0.717, 1.165) is 0 Å². The third kappa shape index (κ3) is 2.35. The number of nitrogens with one attached hydrogen (secondary N) is 2. The molecule has 0 fully saturated rings. The summed E-state index contributed by atoms with van der Waals surface area (Å²) < 4.78 is 4.47. The lowest BCUT2D eigenvalue weighted by Gasteiger charge is -2.10. The van der Waals surface area contributed by atoms with Crippen LogP contribution in [0.2, 0.25) is 0 Å². The van der Waals surface area contributed by atoms with Crippen LogP contribution in [0.5, 0.6) is 0 Å². The zero-order chi connectivity index (χ0) is 10.6. The summed E-state index contributed by atoms with van der Waals surface area (Å²) in [4.78, 5) is 25.1. The van der Waals surface area contributed by atoms with Crippen molar-refractivity contribution in [3.8, 4) is 0 Å². The quantitative estimate of drug-likeness (QED) is 0.683. The summed E-state index contributed by atoms with van der Waals surface area (Å²) in [6.07, 6.45) is 1.64. The van der Waals surface area contributed by atoms with Crippen LogP contribution in [0.3, 0.4) is 0 Å². The second-order valence-electron chi connectivity index (χ2n) is 2.80. The maximum atomic E-state index is 11.4. The molecule has 2 N–H and O–H groups in total. The van der Waals surface area contributed by atoms with Crippen molar-refractivity contribution >= 4 is 11.9 Å². The number of hydrogen-bond donors (Lipinski definition) is 2. The van der Waals surface area contributed by atoms with Gasteiger partial charge in [-0.1, -0.05) is 0 Å². The molecule has 5 nitrogen and oxygen atoms in total. The van der Waals surface area contributed by atoms with Gasteiger partial charge in [0.1, 0.15) is 11.7 Å². The average molecular weight is 196 g/mol. The van der Waals surface area contributed by atoms with Gasteiger partial charge in [-0.3, -0.25) is 4.79 Å². The van der Waals surface area contributed by atoms with E-state index in [1.165, 1.54) is 7.11 Å². The van der Waals surface area contributed by atoms with Crippen LogP contribution in [0.4, 0.5) is 0 Å². The van der Waals surface area contributed by atoms with Gasteiger partial charge in [-0.2, -0.15) is 0 Å². The number of carbonyl (C=O) groups excluding carboxylic acids is 2. The number of carbonyl (C=O) groups is 2. The molecule has 0 spiro atoms. The molecule has 0 aliphatic carbocycles. The van der Waals surface area contributed by atoms with E-state index in [4.69, 9.17) is 0 Å². The Balaban J connectivity index is 2.53. The molecular weight excluding hydrogens is 184 g/mol. The van der Waals surface area contributed by atoms with Crippen molar-refractivity contribution in [2.45, 2.75) is 13.0 Å². The Morgan fingerprint density at radius 2 is 2.29 bits per heavy atom. The van der Waals surface area contributed by atoms with Gasteiger partial charge < -0.3 is 15.0 Å². The van der Waals surface area contributed by atoms with Gasteiger partial charge in [-0.05, 0) is 19.1 Å². The van der Waals surface area contributed by atoms with Crippen molar-refractivity contribution in [3.05, 3.63) is 24.0 Å². The lowest BCUT2D eigenvalue weighted by Crippen LogP contribution is -2.39. The van der Waals surface area contributed by atoms with E-state index < -0.39 is 12.0 Å². The molecule has 1 amide bonds. The lowest BCUT2D eigenvalue weighted by atomic mass is 10.3. The molecule has 0 radical (unpaired) electrons. The largest absolute Gasteiger partial charge is 0.467 e. The first-order valence-corrected chi connectivity index (χ1v) is 4.17. The molecule has 0 aliphatic rings. The number of rotatable bonds is 3. The Bertz CT molecular complexity index is 319. The van der Waals surface area contributed by atoms with Gasteiger partial charge in [0.2, 0.25) is 0 Å². The summed E-state index contributed by atoms with van der Waals surface area (Å²) in [6, 6.07) is 2.69. The summed E-state index contributed by atoms with van der Waals surface area (Å²) in [5.41, 5.74) is 0.417. The number of hydrogen-bond acceptors (Lipinski definition) is 3. The molecule has 14 heavy (non-hydrogen) atoms. The van der Waals surface area contributed by atoms with Crippen molar-refractivity contribution in [1.82, 2.24) is 10.3 Å². The fraction of sp³-hybridized carbons (Fsp3) is 0.333. The molecule has 1 atom stereocenters. The van der Waals surface area contributed by atoms with Crippen LogP contribution in [-0.4, -0.2) is 30.0 Å². The first-order chi connectivity index (χ1) is 6.65. The molecule has 0 saturated heterocycles. The van der Waals surface area contributed by atoms with Crippen molar-refractivity contribution in [2.75, 3.05) is 7.11 Å². The van der Waals surface area contributed by atoms with E-state index in [2.05, 4.69) is 15.0 Å². The first-order valence-electron chi connectivity index (χ1n) is 4.17. The molecule has 1 aromatic rings. The van der Waals surface area contributed by atoms with Gasteiger partial charge in [0.25, 0.3) is 5.91 Å². The van der Waals surface area contributed by atoms with E-state index in [9.17, 15) is 9.59 Å². The van der Waals surface area contributed by atoms with Crippen LogP contribution < -0.4 is 5.32 Å². The number of H-pyrrole nitrogens is 1. The molecular formula is C9H12N2O3. The molecule has 0 aromatic carbocycles. The molecule has 76 valence electrons. The number of methoxy groups -OCH3 is 1. The highest BCUT2D eigenvalue weighted by atomic mass is 16.5. The second-order valence-corrected chi connectivity index (χ2v) is 2.80. The minimum absolute atomic E-state index is 0.326. The third-order valence-corrected chi connectivity index (χ3v) is 1.74. The standard InChI is InChI=1S/C9H12N2O3/c1-6(9(13)14-2)11-8(12)7-4-3-5-10-7/h3-6,10H,1-2H3,(H,11,12). The molecule has 1 heterocycles. The normalized spacial score (nSPS) is 11.9. The molecule has 1 aromatic heterocycles. The van der Waals surface area contributed by atoms with E-state index in [1.807, 2.05) is 0 Å². The predicted octanol–water partition coefficient (Wildman–Crippen LogP) is 0.306. The highest BCUT2D eigenvalue weighted by molar-refractivity contribution is 5.95. The summed E-state index contributed by atoms with van der Waals surface area (Å²) in [5, 5.41) is 2.49. The van der Waals surface area contributed by atoms with Crippen LogP contribution >= 0.6 is 0 Å². The van der Waals surface area contributed by atoms with Gasteiger partial charge >= 0.3 is 5.97 Å². The van der Waals surface area contributed by atoms with E-state index in [-0.39, 0.29) is 5.91 Å². The maximum Gasteiger partial charge on any atom is 0.328 e. The number of ether oxygens (including phenoxy) is 1. The van der Waals surface area contributed by atoms with Crippen molar-refractivity contribution in [1.29, 1.82) is 0 Å². The molecule has 0 aliphatic heterocycles. The van der Waals surface area contributed by atoms with Gasteiger partial charge in [0.05, 0.1) is 7.11 Å². The van der Waals surface area contributed by atoms with Gasteiger partial charge in [0.15, 0.2) is 0 Å². The van der Waals surface area contributed by atoms with E-state index in [0.29, 0.717) is 5.69 Å². The third-order valence-electron chi connectivity index (χ3n) is 1.74. The number of esters is 1. The minimum atomic E-state index is -0.643. The first kappa shape index (κ1) is 10.3. The van der Waals surface area contributed by atoms with Crippen molar-refractivity contribution in [3.63, 3.8) is 0 Å². The van der Waals surface area contributed by atoms with Gasteiger partial charge in [-0.25, -0.2) is 4.79 Å². The fourth-order valence-corrected chi connectivity index (χ4v) is 0.982. The number of amides is 1. The monoisotopic (exact) mass is 196 g/mol. The second kappa shape index (κ2) is 4.45. The van der Waals surface area contributed by atoms with Crippen LogP contribution in [-0.2, 0) is 9.53 Å². The SMILES string of the molecule is COC(=O)C(C)NC(=O)c1ccc[nH]1. The highest BCUT2D eigenvalue weighted by Crippen LogP contribution is 1.95. The number of aromatic nitrogens is 1. The Kier molecular flexibility index (Phi) is 3.28. The van der Waals surface area contributed by atoms with Crippen molar-refractivity contribution < 1.29 is 14.3 Å². The summed E-state index contributed by atoms with van der Waals surface area (Å²) >= 11 is 0. The molecule has 1 unspecified atom stereocenters. The zero-order valence-corrected chi connectivity index (χ0v) is 8.03. The van der Waals surface area contributed by atoms with Crippen molar-refractivity contribution in [2.24, 2.45) is 0 Å². The Morgan fingerprint density at radius 3 is 2.79 bits per heavy atom. The van der Waals surface area contributed by atoms with Crippen LogP contribution in [0.1, 0.15) is 17.4 Å². The molecule has 5 heteroatoms. The topological polar surface area (TPSA) is 71.2 Å². The lowest BCUT2D eigenvalue weighted by molar-refractivity contribution is -0.142. The average Bonchev–Trinajstić information content (AvgIpc) is 2.69. The summed E-state index contributed by atoms with van der Waals surface area (Å²) in [7, 11) is 1.28. The maximum absolute atomic E-state index is 11.4. The Morgan fingerprint density at radius 1 is 1.57 bits per heavy atom. The summed E-state index contributed by atoms with van der Waals surface area (Å²) in [6.45, 7) is 1.56. The molecule has 1 rings (SSSR count). The Labute approximate surface area is 81.5 Å². The highest BCUT2D eigenvalue weighted by Gasteiger charge is 2.16. The van der Waals surface area contributed by atoms with Crippen LogP contribution in [0, 0.1) is 0 Å². The minimum Gasteiger partial charge on any atom is -0.467 e. The van der Waals surface area contributed by atoms with Crippen LogP contribution in [0.15, 0.2) is 18.3 Å². The molecule has 0 saturated carbocycles. The molecule has 0 bridgehead atoms. The van der Waals surface area contributed by atoms with Gasteiger partial charge in [-0.15, -0.1) is 0 Å². The zero-order valence-electron chi connectivity index (χ0n) is 8.03. The smallest absolute Gasteiger partial charge is 0.328 e. The van der Waals surface area contributed by atoms with Crippen LogP contribution in [0.25, 0.3) is 0 Å². The predicted molar refractivity (Wildman–Crippen MR) is 49.7 cm³/mol. The van der Waals surface area contributed by atoms with Gasteiger partial charge in [0, 0.05) is 6.20 Å². The fourth-order valence-electron chi connectivity index (χ4n) is 0.982.